The fourth-order valence-electron chi connectivity index (χ4n) is 4.71. The van der Waals surface area contributed by atoms with E-state index in [9.17, 15) is 4.79 Å². The van der Waals surface area contributed by atoms with Crippen LogP contribution in [-0.4, -0.2) is 52.1 Å². The molecule has 0 bridgehead atoms. The zero-order valence-corrected chi connectivity index (χ0v) is 20.4. The largest absolute Gasteiger partial charge is 0.377 e. The maximum atomic E-state index is 12.9. The van der Waals surface area contributed by atoms with Crippen LogP contribution in [0.15, 0.2) is 60.7 Å². The van der Waals surface area contributed by atoms with Crippen molar-refractivity contribution in [2.75, 3.05) is 24.3 Å². The number of carbonyl (C=O) groups is 1. The van der Waals surface area contributed by atoms with Crippen LogP contribution < -0.4 is 15.5 Å². The quantitative estimate of drug-likeness (QED) is 0.437. The Bertz CT molecular complexity index is 1320. The van der Waals surface area contributed by atoms with Gasteiger partial charge in [-0.3, -0.25) is 4.79 Å². The normalized spacial score (nSPS) is 17.8. The molecule has 1 saturated carbocycles. The van der Waals surface area contributed by atoms with Gasteiger partial charge in [-0.05, 0) is 50.8 Å². The fraction of sp³-hybridized carbons (Fsp3) is 0.333. The minimum atomic E-state index is -0.159. The van der Waals surface area contributed by atoms with Gasteiger partial charge in [0.25, 0.3) is 5.91 Å². The van der Waals surface area contributed by atoms with E-state index in [-0.39, 0.29) is 11.9 Å². The molecular formula is C27H31N7O. The molecule has 0 saturated heterocycles. The lowest BCUT2D eigenvalue weighted by atomic mass is 9.91. The number of nitrogens with one attached hydrogen (secondary N) is 2. The second-order valence-corrected chi connectivity index (χ2v) is 9.36. The molecule has 0 spiro atoms. The number of para-hydroxylation sites is 2. The van der Waals surface area contributed by atoms with Crippen molar-refractivity contribution in [2.24, 2.45) is 0 Å². The van der Waals surface area contributed by atoms with Gasteiger partial charge in [0.2, 0.25) is 0 Å². The van der Waals surface area contributed by atoms with Crippen molar-refractivity contribution in [1.82, 2.24) is 25.3 Å². The molecular weight excluding hydrogens is 438 g/mol. The highest BCUT2D eigenvalue weighted by atomic mass is 16.2. The highest BCUT2D eigenvalue weighted by molar-refractivity contribution is 5.94. The Kier molecular flexibility index (Phi) is 6.35. The first-order valence-corrected chi connectivity index (χ1v) is 12.1. The van der Waals surface area contributed by atoms with Gasteiger partial charge >= 0.3 is 0 Å². The predicted octanol–water partition coefficient (Wildman–Crippen LogP) is 4.34. The van der Waals surface area contributed by atoms with Crippen molar-refractivity contribution >= 4 is 28.3 Å². The van der Waals surface area contributed by atoms with Gasteiger partial charge in [0.05, 0.1) is 16.9 Å². The van der Waals surface area contributed by atoms with E-state index < -0.39 is 0 Å². The number of amides is 1. The molecule has 0 radical (unpaired) electrons. The number of fused-ring (bicyclic) bond motifs is 1. The standard InChI is InChI=1S/C27H31N7O/c1-18-26(32-34(31-18)21-9-5-4-6-10-21)27(35)29-20-15-13-19(14-16-20)28-25-17-24(33(2)3)22-11-7-8-12-23(22)30-25/h4-12,17,19-20H,13-16H2,1-3H3,(H,28,30)(H,29,35)/t19-,20+. The molecule has 0 aliphatic heterocycles. The van der Waals surface area contributed by atoms with Crippen molar-refractivity contribution in [1.29, 1.82) is 0 Å². The molecule has 8 heteroatoms. The van der Waals surface area contributed by atoms with Crippen LogP contribution in [0.3, 0.4) is 0 Å². The Labute approximate surface area is 205 Å². The van der Waals surface area contributed by atoms with E-state index in [2.05, 4.69) is 58.0 Å². The molecule has 5 rings (SSSR count). The number of hydrogen-bond acceptors (Lipinski definition) is 6. The van der Waals surface area contributed by atoms with E-state index in [4.69, 9.17) is 4.98 Å². The van der Waals surface area contributed by atoms with Gasteiger partial charge in [0, 0.05) is 43.3 Å². The van der Waals surface area contributed by atoms with Gasteiger partial charge in [-0.2, -0.15) is 9.90 Å². The number of benzene rings is 2. The monoisotopic (exact) mass is 469 g/mol. The lowest BCUT2D eigenvalue weighted by Gasteiger charge is -2.30. The molecule has 4 aromatic rings. The number of nitrogens with zero attached hydrogens (tertiary/aromatic N) is 5. The average Bonchev–Trinajstić information content (AvgIpc) is 3.27. The lowest BCUT2D eigenvalue weighted by molar-refractivity contribution is 0.0920. The van der Waals surface area contributed by atoms with Crippen molar-refractivity contribution in [3.8, 4) is 5.69 Å². The maximum Gasteiger partial charge on any atom is 0.273 e. The molecule has 2 heterocycles. The number of anilines is 2. The number of rotatable bonds is 6. The van der Waals surface area contributed by atoms with Crippen LogP contribution in [0.1, 0.15) is 41.9 Å². The summed E-state index contributed by atoms with van der Waals surface area (Å²) < 4.78 is 0. The van der Waals surface area contributed by atoms with E-state index in [0.717, 1.165) is 53.8 Å². The first-order valence-electron chi connectivity index (χ1n) is 12.1. The molecule has 2 aromatic heterocycles. The first kappa shape index (κ1) is 22.8. The minimum absolute atomic E-state index is 0.128. The third-order valence-electron chi connectivity index (χ3n) is 6.57. The van der Waals surface area contributed by atoms with Crippen LogP contribution >= 0.6 is 0 Å². The molecule has 0 unspecified atom stereocenters. The zero-order valence-electron chi connectivity index (χ0n) is 20.4. The number of pyridine rings is 1. The fourth-order valence-corrected chi connectivity index (χ4v) is 4.71. The Hall–Kier alpha value is -3.94. The summed E-state index contributed by atoms with van der Waals surface area (Å²) in [6.45, 7) is 1.82. The van der Waals surface area contributed by atoms with Gasteiger partial charge in [-0.1, -0.05) is 36.4 Å². The van der Waals surface area contributed by atoms with Gasteiger partial charge < -0.3 is 15.5 Å². The molecule has 1 amide bonds. The predicted molar refractivity (Wildman–Crippen MR) is 139 cm³/mol. The lowest BCUT2D eigenvalue weighted by Crippen LogP contribution is -2.40. The molecule has 2 aromatic carbocycles. The molecule has 1 aliphatic rings. The van der Waals surface area contributed by atoms with Crippen LogP contribution in [0.2, 0.25) is 0 Å². The summed E-state index contributed by atoms with van der Waals surface area (Å²) in [4.78, 5) is 21.4. The highest BCUT2D eigenvalue weighted by Gasteiger charge is 2.25. The third-order valence-corrected chi connectivity index (χ3v) is 6.57. The summed E-state index contributed by atoms with van der Waals surface area (Å²) in [5.74, 6) is 0.737. The van der Waals surface area contributed by atoms with E-state index in [1.165, 1.54) is 4.80 Å². The molecule has 0 atom stereocenters. The van der Waals surface area contributed by atoms with E-state index in [0.29, 0.717) is 17.4 Å². The molecule has 35 heavy (non-hydrogen) atoms. The first-order chi connectivity index (χ1) is 17.0. The van der Waals surface area contributed by atoms with Crippen LogP contribution in [0.4, 0.5) is 11.5 Å². The summed E-state index contributed by atoms with van der Waals surface area (Å²) in [5, 5.41) is 16.8. The molecule has 1 fully saturated rings. The topological polar surface area (TPSA) is 88.0 Å². The Morgan fingerprint density at radius 3 is 2.37 bits per heavy atom. The summed E-state index contributed by atoms with van der Waals surface area (Å²) in [5.41, 5.74) is 3.98. The summed E-state index contributed by atoms with van der Waals surface area (Å²) in [6, 6.07) is 20.4. The van der Waals surface area contributed by atoms with Crippen LogP contribution in [-0.2, 0) is 0 Å². The Morgan fingerprint density at radius 1 is 0.943 bits per heavy atom. The number of aryl methyl sites for hydroxylation is 1. The summed E-state index contributed by atoms with van der Waals surface area (Å²) in [7, 11) is 4.11. The molecule has 180 valence electrons. The summed E-state index contributed by atoms with van der Waals surface area (Å²) in [6.07, 6.45) is 3.74. The van der Waals surface area contributed by atoms with Crippen LogP contribution in [0, 0.1) is 6.92 Å². The highest BCUT2D eigenvalue weighted by Crippen LogP contribution is 2.29. The van der Waals surface area contributed by atoms with Crippen molar-refractivity contribution in [3.05, 3.63) is 72.1 Å². The van der Waals surface area contributed by atoms with Crippen molar-refractivity contribution < 1.29 is 4.79 Å². The van der Waals surface area contributed by atoms with Gasteiger partial charge in [0.15, 0.2) is 5.69 Å². The second-order valence-electron chi connectivity index (χ2n) is 9.36. The minimum Gasteiger partial charge on any atom is -0.377 e. The zero-order chi connectivity index (χ0) is 24.4. The summed E-state index contributed by atoms with van der Waals surface area (Å²) >= 11 is 0. The molecule has 8 nitrogen and oxygen atoms in total. The maximum absolute atomic E-state index is 12.9. The smallest absolute Gasteiger partial charge is 0.273 e. The van der Waals surface area contributed by atoms with E-state index in [1.54, 1.807) is 0 Å². The molecule has 1 aliphatic carbocycles. The number of hydrogen-bond donors (Lipinski definition) is 2. The second kappa shape index (κ2) is 9.74. The van der Waals surface area contributed by atoms with Crippen molar-refractivity contribution in [3.63, 3.8) is 0 Å². The van der Waals surface area contributed by atoms with Crippen LogP contribution in [0.5, 0.6) is 0 Å². The van der Waals surface area contributed by atoms with Gasteiger partial charge in [0.1, 0.15) is 5.82 Å². The Morgan fingerprint density at radius 2 is 1.63 bits per heavy atom. The van der Waals surface area contributed by atoms with Gasteiger partial charge in [-0.25, -0.2) is 4.98 Å². The molecule has 2 N–H and O–H groups in total. The van der Waals surface area contributed by atoms with Gasteiger partial charge in [-0.15, -0.1) is 5.10 Å². The number of carbonyl (C=O) groups excluding carboxylic acids is 1. The third kappa shape index (κ3) is 4.96. The van der Waals surface area contributed by atoms with Crippen molar-refractivity contribution in [2.45, 2.75) is 44.7 Å². The van der Waals surface area contributed by atoms with E-state index >= 15 is 0 Å². The number of aromatic nitrogens is 4. The SMILES string of the molecule is Cc1nn(-c2ccccc2)nc1C(=O)N[C@H]1CC[C@@H](Nc2cc(N(C)C)c3ccccc3n2)CC1. The average molecular weight is 470 g/mol. The van der Waals surface area contributed by atoms with Crippen LogP contribution in [0.25, 0.3) is 16.6 Å². The Balaban J connectivity index is 1.20. The van der Waals surface area contributed by atoms with E-state index in [1.807, 2.05) is 49.4 Å².